The van der Waals surface area contributed by atoms with Crippen LogP contribution in [0.25, 0.3) is 0 Å². The number of hydrogen-bond donors (Lipinski definition) is 0. The molecule has 0 aromatic carbocycles. The molecule has 2 aliphatic rings. The molecule has 1 aliphatic carbocycles. The van der Waals surface area contributed by atoms with Gasteiger partial charge in [-0.1, -0.05) is 6.58 Å². The fraction of sp³-hybridized carbons (Fsp3) is 0.462. The van der Waals surface area contributed by atoms with Crippen LogP contribution in [0.4, 0.5) is 0 Å². The lowest BCUT2D eigenvalue weighted by molar-refractivity contribution is -0.152. The summed E-state index contributed by atoms with van der Waals surface area (Å²) in [5.74, 6) is -1.23. The Balaban J connectivity index is 2.05. The molecule has 5 heteroatoms. The number of ether oxygens (including phenoxy) is 1. The van der Waals surface area contributed by atoms with Crippen molar-refractivity contribution in [3.05, 3.63) is 23.3 Å². The SMILES string of the molecule is C=C(C)C(=O)OCN1C(=O)C2=C(CCCC2)C1=O. The highest BCUT2D eigenvalue weighted by atomic mass is 16.5. The van der Waals surface area contributed by atoms with Gasteiger partial charge in [0.1, 0.15) is 0 Å². The highest BCUT2D eigenvalue weighted by molar-refractivity contribution is 6.19. The highest BCUT2D eigenvalue weighted by Gasteiger charge is 2.39. The summed E-state index contributed by atoms with van der Waals surface area (Å²) < 4.78 is 4.85. The Bertz CT molecular complexity index is 447. The van der Waals surface area contributed by atoms with Gasteiger partial charge in [0.05, 0.1) is 0 Å². The van der Waals surface area contributed by atoms with Crippen LogP contribution in [0.1, 0.15) is 32.6 Å². The predicted octanol–water partition coefficient (Wildman–Crippen LogP) is 1.30. The van der Waals surface area contributed by atoms with E-state index in [1.165, 1.54) is 6.92 Å². The number of nitrogens with zero attached hydrogens (tertiary/aromatic N) is 1. The quantitative estimate of drug-likeness (QED) is 0.429. The van der Waals surface area contributed by atoms with Gasteiger partial charge in [0.2, 0.25) is 0 Å². The molecule has 0 fully saturated rings. The molecule has 96 valence electrons. The number of carbonyl (C=O) groups is 3. The Labute approximate surface area is 105 Å². The summed E-state index contributed by atoms with van der Waals surface area (Å²) >= 11 is 0. The van der Waals surface area contributed by atoms with Crippen molar-refractivity contribution in [3.8, 4) is 0 Å². The third-order valence-electron chi connectivity index (χ3n) is 3.15. The van der Waals surface area contributed by atoms with Gasteiger partial charge >= 0.3 is 5.97 Å². The van der Waals surface area contributed by atoms with Crippen LogP contribution < -0.4 is 0 Å². The van der Waals surface area contributed by atoms with E-state index in [4.69, 9.17) is 4.74 Å². The lowest BCUT2D eigenvalue weighted by Crippen LogP contribution is -2.35. The normalized spacial score (nSPS) is 19.1. The molecule has 2 amide bonds. The minimum absolute atomic E-state index is 0.242. The first-order valence-electron chi connectivity index (χ1n) is 5.93. The number of rotatable bonds is 3. The first-order chi connectivity index (χ1) is 8.52. The van der Waals surface area contributed by atoms with Gasteiger partial charge in [-0.25, -0.2) is 9.69 Å². The van der Waals surface area contributed by atoms with Gasteiger partial charge < -0.3 is 4.74 Å². The molecule has 2 rings (SSSR count). The van der Waals surface area contributed by atoms with E-state index in [1.54, 1.807) is 0 Å². The van der Waals surface area contributed by atoms with Crippen molar-refractivity contribution < 1.29 is 19.1 Å². The van der Waals surface area contributed by atoms with E-state index >= 15 is 0 Å². The first-order valence-corrected chi connectivity index (χ1v) is 5.93. The molecule has 18 heavy (non-hydrogen) atoms. The summed E-state index contributed by atoms with van der Waals surface area (Å²) in [4.78, 5) is 36.2. The number of amides is 2. The molecule has 0 saturated carbocycles. The van der Waals surface area contributed by atoms with Crippen LogP contribution in [0, 0.1) is 0 Å². The monoisotopic (exact) mass is 249 g/mol. The van der Waals surface area contributed by atoms with Crippen LogP contribution in [-0.4, -0.2) is 29.4 Å². The van der Waals surface area contributed by atoms with E-state index in [-0.39, 0.29) is 24.1 Å². The second kappa shape index (κ2) is 4.76. The lowest BCUT2D eigenvalue weighted by atomic mass is 9.93. The minimum atomic E-state index is -0.597. The van der Waals surface area contributed by atoms with Crippen LogP contribution >= 0.6 is 0 Å². The molecule has 0 bridgehead atoms. The Morgan fingerprint density at radius 3 is 2.17 bits per heavy atom. The average molecular weight is 249 g/mol. The van der Waals surface area contributed by atoms with Gasteiger partial charge in [-0.3, -0.25) is 9.59 Å². The maximum absolute atomic E-state index is 12.0. The first kappa shape index (κ1) is 12.5. The molecule has 0 spiro atoms. The Morgan fingerprint density at radius 1 is 1.22 bits per heavy atom. The Morgan fingerprint density at radius 2 is 1.72 bits per heavy atom. The standard InChI is InChI=1S/C13H15NO4/c1-8(2)13(17)18-7-14-11(15)9-5-3-4-6-10(9)12(14)16/h1,3-7H2,2H3. The molecule has 0 saturated heterocycles. The van der Waals surface area contributed by atoms with Crippen LogP contribution in [0.15, 0.2) is 23.3 Å². The zero-order valence-electron chi connectivity index (χ0n) is 10.3. The number of esters is 1. The summed E-state index contributed by atoms with van der Waals surface area (Å²) in [5, 5.41) is 0. The van der Waals surface area contributed by atoms with E-state index in [0.29, 0.717) is 24.0 Å². The molecule has 1 aliphatic heterocycles. The zero-order chi connectivity index (χ0) is 13.3. The van der Waals surface area contributed by atoms with Crippen molar-refractivity contribution in [2.24, 2.45) is 0 Å². The van der Waals surface area contributed by atoms with E-state index in [2.05, 4.69) is 6.58 Å². The Hall–Kier alpha value is -1.91. The van der Waals surface area contributed by atoms with Crippen molar-refractivity contribution in [3.63, 3.8) is 0 Å². The lowest BCUT2D eigenvalue weighted by Gasteiger charge is -2.14. The average Bonchev–Trinajstić information content (AvgIpc) is 2.60. The molecule has 0 atom stereocenters. The maximum Gasteiger partial charge on any atom is 0.334 e. The van der Waals surface area contributed by atoms with Gasteiger partial charge in [0, 0.05) is 16.7 Å². The van der Waals surface area contributed by atoms with Crippen molar-refractivity contribution in [1.82, 2.24) is 4.90 Å². The summed E-state index contributed by atoms with van der Waals surface area (Å²) in [7, 11) is 0. The number of imide groups is 1. The fourth-order valence-electron chi connectivity index (χ4n) is 2.16. The van der Waals surface area contributed by atoms with Crippen LogP contribution in [0.3, 0.4) is 0 Å². The third kappa shape index (κ3) is 2.08. The summed E-state index contributed by atoms with van der Waals surface area (Å²) in [6.07, 6.45) is 3.14. The molecular weight excluding hydrogens is 234 g/mol. The number of carbonyl (C=O) groups excluding carboxylic acids is 3. The van der Waals surface area contributed by atoms with E-state index < -0.39 is 5.97 Å². The van der Waals surface area contributed by atoms with Crippen molar-refractivity contribution in [2.45, 2.75) is 32.6 Å². The molecule has 0 N–H and O–H groups in total. The van der Waals surface area contributed by atoms with Gasteiger partial charge in [-0.05, 0) is 32.6 Å². The Kier molecular flexibility index (Phi) is 3.32. The van der Waals surface area contributed by atoms with E-state index in [0.717, 1.165) is 17.7 Å². The van der Waals surface area contributed by atoms with Crippen molar-refractivity contribution in [1.29, 1.82) is 0 Å². The largest absolute Gasteiger partial charge is 0.440 e. The second-order valence-electron chi connectivity index (χ2n) is 4.54. The zero-order valence-corrected chi connectivity index (χ0v) is 10.3. The third-order valence-corrected chi connectivity index (χ3v) is 3.15. The molecule has 0 radical (unpaired) electrons. The van der Waals surface area contributed by atoms with Crippen molar-refractivity contribution in [2.75, 3.05) is 6.73 Å². The van der Waals surface area contributed by atoms with Crippen molar-refractivity contribution >= 4 is 17.8 Å². The van der Waals surface area contributed by atoms with Gasteiger partial charge in [-0.2, -0.15) is 0 Å². The molecule has 0 aromatic rings. The summed E-state index contributed by atoms with van der Waals surface area (Å²) in [6.45, 7) is 4.63. The summed E-state index contributed by atoms with van der Waals surface area (Å²) in [6, 6.07) is 0. The highest BCUT2D eigenvalue weighted by Crippen LogP contribution is 2.32. The maximum atomic E-state index is 12.0. The fourth-order valence-corrected chi connectivity index (χ4v) is 2.16. The molecule has 1 heterocycles. The number of hydrogen-bond acceptors (Lipinski definition) is 4. The minimum Gasteiger partial charge on any atom is -0.440 e. The van der Waals surface area contributed by atoms with Gasteiger partial charge in [0.25, 0.3) is 11.8 Å². The molecular formula is C13H15NO4. The van der Waals surface area contributed by atoms with E-state index in [1.807, 2.05) is 0 Å². The van der Waals surface area contributed by atoms with Crippen LogP contribution in [0.2, 0.25) is 0 Å². The molecule has 0 aromatic heterocycles. The molecule has 5 nitrogen and oxygen atoms in total. The van der Waals surface area contributed by atoms with E-state index in [9.17, 15) is 14.4 Å². The summed E-state index contributed by atoms with van der Waals surface area (Å²) in [5.41, 5.74) is 1.43. The second-order valence-corrected chi connectivity index (χ2v) is 4.54. The van der Waals surface area contributed by atoms with Gasteiger partial charge in [0.15, 0.2) is 6.73 Å². The van der Waals surface area contributed by atoms with Crippen LogP contribution in [0.5, 0.6) is 0 Å². The predicted molar refractivity (Wildman–Crippen MR) is 63.1 cm³/mol. The van der Waals surface area contributed by atoms with Crippen LogP contribution in [-0.2, 0) is 19.1 Å². The topological polar surface area (TPSA) is 63.7 Å². The molecule has 0 unspecified atom stereocenters. The van der Waals surface area contributed by atoms with Gasteiger partial charge in [-0.15, -0.1) is 0 Å². The smallest absolute Gasteiger partial charge is 0.334 e.